The van der Waals surface area contributed by atoms with Crippen LogP contribution in [-0.2, 0) is 0 Å². The Morgan fingerprint density at radius 1 is 1.03 bits per heavy atom. The number of nitrogens with zero attached hydrogens (tertiary/aromatic N) is 2. The maximum Gasteiger partial charge on any atom is 0.266 e. The molecule has 0 aliphatic carbocycles. The average molecular weight is 455 g/mol. The monoisotopic (exact) mass is 454 g/mol. The summed E-state index contributed by atoms with van der Waals surface area (Å²) in [5.41, 5.74) is 1.88. The highest BCUT2D eigenvalue weighted by Gasteiger charge is 2.20. The minimum atomic E-state index is -0.307. The molecule has 2 amide bonds. The summed E-state index contributed by atoms with van der Waals surface area (Å²) in [5, 5.41) is 6.82. The molecule has 3 aromatic rings. The third-order valence-corrected chi connectivity index (χ3v) is 6.65. The Morgan fingerprint density at radius 3 is 2.58 bits per heavy atom. The smallest absolute Gasteiger partial charge is 0.266 e. The SMILES string of the molecule is Cc1cc(NC(=O)c2ccccc2Cl)sc1C(=O)Nc1cccnc1N1CCCCC1. The van der Waals surface area contributed by atoms with Crippen molar-refractivity contribution >= 4 is 51.3 Å². The highest BCUT2D eigenvalue weighted by Crippen LogP contribution is 2.31. The molecule has 1 fully saturated rings. The van der Waals surface area contributed by atoms with Crippen LogP contribution in [0.5, 0.6) is 0 Å². The van der Waals surface area contributed by atoms with Gasteiger partial charge in [-0.1, -0.05) is 23.7 Å². The molecule has 6 nitrogen and oxygen atoms in total. The molecule has 1 aliphatic rings. The maximum atomic E-state index is 13.0. The summed E-state index contributed by atoms with van der Waals surface area (Å²) in [7, 11) is 0. The largest absolute Gasteiger partial charge is 0.355 e. The Morgan fingerprint density at radius 2 is 1.81 bits per heavy atom. The minimum Gasteiger partial charge on any atom is -0.355 e. The number of piperidine rings is 1. The molecule has 3 heterocycles. The first-order valence-electron chi connectivity index (χ1n) is 10.2. The number of hydrogen-bond acceptors (Lipinski definition) is 5. The number of pyridine rings is 1. The Balaban J connectivity index is 1.50. The second-order valence-corrected chi connectivity index (χ2v) is 8.89. The zero-order valence-corrected chi connectivity index (χ0v) is 18.7. The Hall–Kier alpha value is -2.90. The number of aryl methyl sites for hydroxylation is 1. The number of thiophene rings is 1. The number of anilines is 3. The lowest BCUT2D eigenvalue weighted by molar-refractivity contribution is 0.102. The molecule has 0 radical (unpaired) electrons. The lowest BCUT2D eigenvalue weighted by Crippen LogP contribution is -2.31. The van der Waals surface area contributed by atoms with E-state index in [1.165, 1.54) is 17.8 Å². The fourth-order valence-electron chi connectivity index (χ4n) is 3.63. The van der Waals surface area contributed by atoms with Crippen molar-refractivity contribution in [2.24, 2.45) is 0 Å². The van der Waals surface area contributed by atoms with Gasteiger partial charge in [-0.3, -0.25) is 9.59 Å². The first-order chi connectivity index (χ1) is 15.0. The molecule has 2 N–H and O–H groups in total. The van der Waals surface area contributed by atoms with E-state index in [4.69, 9.17) is 11.6 Å². The molecule has 0 bridgehead atoms. The third kappa shape index (κ3) is 4.89. The summed E-state index contributed by atoms with van der Waals surface area (Å²) >= 11 is 7.35. The summed E-state index contributed by atoms with van der Waals surface area (Å²) in [4.78, 5) is 32.8. The number of rotatable bonds is 5. The van der Waals surface area contributed by atoms with Crippen molar-refractivity contribution in [3.8, 4) is 0 Å². The van der Waals surface area contributed by atoms with E-state index in [9.17, 15) is 9.59 Å². The van der Waals surface area contributed by atoms with Crippen LogP contribution >= 0.6 is 22.9 Å². The number of benzene rings is 1. The quantitative estimate of drug-likeness (QED) is 0.526. The van der Waals surface area contributed by atoms with Gasteiger partial charge in [-0.15, -0.1) is 11.3 Å². The molecule has 2 aromatic heterocycles. The van der Waals surface area contributed by atoms with Crippen molar-refractivity contribution in [2.45, 2.75) is 26.2 Å². The topological polar surface area (TPSA) is 74.3 Å². The minimum absolute atomic E-state index is 0.216. The van der Waals surface area contributed by atoms with Gasteiger partial charge in [0.2, 0.25) is 0 Å². The van der Waals surface area contributed by atoms with E-state index in [0.29, 0.717) is 26.2 Å². The van der Waals surface area contributed by atoms with E-state index in [2.05, 4.69) is 20.5 Å². The van der Waals surface area contributed by atoms with Gasteiger partial charge < -0.3 is 15.5 Å². The van der Waals surface area contributed by atoms with Crippen molar-refractivity contribution in [3.05, 3.63) is 69.7 Å². The maximum absolute atomic E-state index is 13.0. The number of carbonyl (C=O) groups excluding carboxylic acids is 2. The summed E-state index contributed by atoms with van der Waals surface area (Å²) in [5.74, 6) is 0.280. The van der Waals surface area contributed by atoms with Crippen LogP contribution in [0.1, 0.15) is 44.9 Å². The predicted molar refractivity (Wildman–Crippen MR) is 127 cm³/mol. The normalized spacial score (nSPS) is 13.7. The highest BCUT2D eigenvalue weighted by atomic mass is 35.5. The van der Waals surface area contributed by atoms with Crippen LogP contribution in [-0.4, -0.2) is 29.9 Å². The van der Waals surface area contributed by atoms with Crippen LogP contribution in [0.15, 0.2) is 48.7 Å². The van der Waals surface area contributed by atoms with Gasteiger partial charge in [0.25, 0.3) is 11.8 Å². The first kappa shape index (κ1) is 21.3. The Kier molecular flexibility index (Phi) is 6.53. The second-order valence-electron chi connectivity index (χ2n) is 7.43. The van der Waals surface area contributed by atoms with Gasteiger partial charge >= 0.3 is 0 Å². The van der Waals surface area contributed by atoms with E-state index in [1.54, 1.807) is 36.5 Å². The van der Waals surface area contributed by atoms with Crippen LogP contribution < -0.4 is 15.5 Å². The Bertz CT molecular complexity index is 1110. The van der Waals surface area contributed by atoms with Crippen molar-refractivity contribution in [3.63, 3.8) is 0 Å². The number of aromatic nitrogens is 1. The molecule has 0 atom stereocenters. The van der Waals surface area contributed by atoms with Gasteiger partial charge in [-0.25, -0.2) is 4.98 Å². The molecule has 160 valence electrons. The molecular formula is C23H23ClN4O2S. The lowest BCUT2D eigenvalue weighted by Gasteiger charge is -2.29. The number of halogens is 1. The van der Waals surface area contributed by atoms with Gasteiger partial charge in [0.05, 0.1) is 26.2 Å². The van der Waals surface area contributed by atoms with Gasteiger partial charge in [-0.05, 0) is 62.1 Å². The van der Waals surface area contributed by atoms with E-state index in [1.807, 2.05) is 19.1 Å². The molecule has 0 unspecified atom stereocenters. The second kappa shape index (κ2) is 9.49. The highest BCUT2D eigenvalue weighted by molar-refractivity contribution is 7.18. The summed E-state index contributed by atoms with van der Waals surface area (Å²) in [6.45, 7) is 3.73. The third-order valence-electron chi connectivity index (χ3n) is 5.17. The molecule has 1 aliphatic heterocycles. The summed E-state index contributed by atoms with van der Waals surface area (Å²) in [6, 6.07) is 12.3. The van der Waals surface area contributed by atoms with Crippen LogP contribution in [0, 0.1) is 6.92 Å². The fourth-order valence-corrected chi connectivity index (χ4v) is 4.81. The van der Waals surface area contributed by atoms with Gasteiger partial charge in [-0.2, -0.15) is 0 Å². The van der Waals surface area contributed by atoms with Crippen LogP contribution in [0.4, 0.5) is 16.5 Å². The molecule has 8 heteroatoms. The first-order valence-corrected chi connectivity index (χ1v) is 11.4. The van der Waals surface area contributed by atoms with Crippen molar-refractivity contribution in [1.82, 2.24) is 4.98 Å². The molecule has 31 heavy (non-hydrogen) atoms. The average Bonchev–Trinajstić information content (AvgIpc) is 3.15. The zero-order chi connectivity index (χ0) is 21.8. The van der Waals surface area contributed by atoms with Gasteiger partial charge in [0, 0.05) is 19.3 Å². The Labute approximate surface area is 190 Å². The standard InChI is InChI=1S/C23H23ClN4O2S/c1-15-14-19(27-22(29)16-8-3-4-9-17(16)24)31-20(15)23(30)26-18-10-7-11-25-21(18)28-12-5-2-6-13-28/h3-4,7-11,14H,2,5-6,12-13H2,1H3,(H,26,30)(H,27,29). The zero-order valence-electron chi connectivity index (χ0n) is 17.2. The molecule has 0 spiro atoms. The number of amides is 2. The van der Waals surface area contributed by atoms with Crippen LogP contribution in [0.2, 0.25) is 5.02 Å². The fraction of sp³-hybridized carbons (Fsp3) is 0.261. The van der Waals surface area contributed by atoms with Crippen molar-refractivity contribution in [2.75, 3.05) is 28.6 Å². The van der Waals surface area contributed by atoms with E-state index in [-0.39, 0.29) is 11.8 Å². The van der Waals surface area contributed by atoms with Crippen LogP contribution in [0.25, 0.3) is 0 Å². The van der Waals surface area contributed by atoms with Crippen molar-refractivity contribution < 1.29 is 9.59 Å². The number of hydrogen-bond donors (Lipinski definition) is 2. The summed E-state index contributed by atoms with van der Waals surface area (Å²) in [6.07, 6.45) is 5.23. The number of nitrogens with one attached hydrogen (secondary N) is 2. The molecule has 1 saturated heterocycles. The van der Waals surface area contributed by atoms with Gasteiger partial charge in [0.15, 0.2) is 5.82 Å². The van der Waals surface area contributed by atoms with Crippen molar-refractivity contribution in [1.29, 1.82) is 0 Å². The lowest BCUT2D eigenvalue weighted by atomic mass is 10.1. The van der Waals surface area contributed by atoms with E-state index < -0.39 is 0 Å². The summed E-state index contributed by atoms with van der Waals surface area (Å²) < 4.78 is 0. The molecule has 0 saturated carbocycles. The van der Waals surface area contributed by atoms with Crippen LogP contribution in [0.3, 0.4) is 0 Å². The number of carbonyl (C=O) groups is 2. The van der Waals surface area contributed by atoms with Gasteiger partial charge in [0.1, 0.15) is 0 Å². The van der Waals surface area contributed by atoms with E-state index in [0.717, 1.165) is 37.3 Å². The molecular weight excluding hydrogens is 432 g/mol. The molecule has 4 rings (SSSR count). The van der Waals surface area contributed by atoms with E-state index >= 15 is 0 Å². The predicted octanol–water partition coefficient (Wildman–Crippen LogP) is 5.60. The molecule has 1 aromatic carbocycles.